The smallest absolute Gasteiger partial charge is 0.214 e. The normalized spacial score (nSPS) is 13.8. The van der Waals surface area contributed by atoms with Crippen LogP contribution in [0.2, 0.25) is 0 Å². The van der Waals surface area contributed by atoms with Gasteiger partial charge in [0.05, 0.1) is 31.4 Å². The second-order valence-electron chi connectivity index (χ2n) is 6.59. The summed E-state index contributed by atoms with van der Waals surface area (Å²) in [4.78, 5) is 15.1. The van der Waals surface area contributed by atoms with Gasteiger partial charge in [0.1, 0.15) is 18.2 Å². The van der Waals surface area contributed by atoms with Crippen LogP contribution in [-0.4, -0.2) is 44.2 Å². The van der Waals surface area contributed by atoms with Crippen LogP contribution in [0.25, 0.3) is 10.9 Å². The largest absolute Gasteiger partial charge is 0.471 e. The molecule has 1 aliphatic rings. The molecule has 7 nitrogen and oxygen atoms in total. The third-order valence-corrected chi connectivity index (χ3v) is 4.65. The number of aromatic nitrogens is 3. The van der Waals surface area contributed by atoms with Crippen molar-refractivity contribution < 1.29 is 9.84 Å². The molecule has 7 heteroatoms. The molecule has 1 fully saturated rings. The van der Waals surface area contributed by atoms with Crippen molar-refractivity contribution in [1.82, 2.24) is 19.9 Å². The molecular weight excluding hydrogens is 354 g/mol. The standard InChI is InChI=1S/C21H21N5O2/c1-3-14(2)26-10-17(11-26)28-20-8-18-19(9-22-20)23-13-24-21(18)25-16-6-4-5-15(7-16)12-27/h3-9,13,17,27H,1-2,10-12H2,(H,23,24,25). The van der Waals surface area contributed by atoms with Crippen LogP contribution < -0.4 is 10.1 Å². The quantitative estimate of drug-likeness (QED) is 0.614. The number of likely N-dealkylation sites (tertiary alicyclic amines) is 1. The van der Waals surface area contributed by atoms with E-state index in [9.17, 15) is 5.11 Å². The zero-order chi connectivity index (χ0) is 19.5. The Morgan fingerprint density at radius 1 is 1.29 bits per heavy atom. The summed E-state index contributed by atoms with van der Waals surface area (Å²) in [5, 5.41) is 13.4. The Labute approximate surface area is 163 Å². The van der Waals surface area contributed by atoms with Crippen LogP contribution in [0, 0.1) is 0 Å². The Bertz CT molecular complexity index is 1030. The number of rotatable bonds is 7. The topological polar surface area (TPSA) is 83.4 Å². The molecule has 1 aliphatic heterocycles. The molecule has 0 saturated carbocycles. The number of aliphatic hydroxyl groups is 1. The van der Waals surface area contributed by atoms with Crippen LogP contribution in [0.4, 0.5) is 11.5 Å². The first-order chi connectivity index (χ1) is 13.7. The molecule has 0 amide bonds. The molecule has 4 rings (SSSR count). The van der Waals surface area contributed by atoms with Crippen molar-refractivity contribution in [3.63, 3.8) is 0 Å². The van der Waals surface area contributed by atoms with Gasteiger partial charge < -0.3 is 20.1 Å². The SMILES string of the molecule is C=CC(=C)N1CC(Oc2cc3c(Nc4cccc(CO)c4)ncnc3cn2)C1. The van der Waals surface area contributed by atoms with E-state index >= 15 is 0 Å². The maximum Gasteiger partial charge on any atom is 0.214 e. The average Bonchev–Trinajstić information content (AvgIpc) is 2.70. The first kappa shape index (κ1) is 17.9. The molecule has 142 valence electrons. The van der Waals surface area contributed by atoms with E-state index in [1.54, 1.807) is 12.3 Å². The van der Waals surface area contributed by atoms with Gasteiger partial charge in [0.25, 0.3) is 0 Å². The lowest BCUT2D eigenvalue weighted by atomic mass is 10.1. The molecule has 0 aliphatic carbocycles. The fourth-order valence-electron chi connectivity index (χ4n) is 3.04. The number of fused-ring (bicyclic) bond motifs is 1. The van der Waals surface area contributed by atoms with E-state index in [1.807, 2.05) is 30.3 Å². The second-order valence-corrected chi connectivity index (χ2v) is 6.59. The highest BCUT2D eigenvalue weighted by molar-refractivity contribution is 5.90. The van der Waals surface area contributed by atoms with Crippen LogP contribution in [0.1, 0.15) is 5.56 Å². The van der Waals surface area contributed by atoms with Crippen molar-refractivity contribution in [2.75, 3.05) is 18.4 Å². The van der Waals surface area contributed by atoms with Gasteiger partial charge in [-0.1, -0.05) is 25.3 Å². The Morgan fingerprint density at radius 3 is 2.93 bits per heavy atom. The maximum absolute atomic E-state index is 9.33. The van der Waals surface area contributed by atoms with Crippen molar-refractivity contribution in [2.24, 2.45) is 0 Å². The van der Waals surface area contributed by atoms with Crippen molar-refractivity contribution in [1.29, 1.82) is 0 Å². The summed E-state index contributed by atoms with van der Waals surface area (Å²) < 4.78 is 5.98. The lowest BCUT2D eigenvalue weighted by molar-refractivity contribution is 0.0439. The number of hydrogen-bond donors (Lipinski definition) is 2. The summed E-state index contributed by atoms with van der Waals surface area (Å²) in [7, 11) is 0. The molecule has 0 bridgehead atoms. The molecular formula is C21H21N5O2. The van der Waals surface area contributed by atoms with Crippen LogP contribution in [-0.2, 0) is 6.61 Å². The predicted octanol–water partition coefficient (Wildman–Crippen LogP) is 3.02. The van der Waals surface area contributed by atoms with Gasteiger partial charge in [-0.05, 0) is 23.8 Å². The fraction of sp³-hybridized carbons (Fsp3) is 0.190. The van der Waals surface area contributed by atoms with E-state index in [0.717, 1.165) is 40.9 Å². The number of nitrogens with zero attached hydrogens (tertiary/aromatic N) is 4. The molecule has 1 saturated heterocycles. The van der Waals surface area contributed by atoms with Crippen LogP contribution in [0.5, 0.6) is 5.88 Å². The zero-order valence-electron chi connectivity index (χ0n) is 15.4. The number of allylic oxidation sites excluding steroid dienone is 1. The van der Waals surface area contributed by atoms with Gasteiger partial charge in [-0.2, -0.15) is 0 Å². The van der Waals surface area contributed by atoms with E-state index in [4.69, 9.17) is 4.74 Å². The van der Waals surface area contributed by atoms with E-state index in [1.165, 1.54) is 6.33 Å². The number of hydrogen-bond acceptors (Lipinski definition) is 7. The Morgan fingerprint density at radius 2 is 2.14 bits per heavy atom. The summed E-state index contributed by atoms with van der Waals surface area (Å²) >= 11 is 0. The Kier molecular flexibility index (Phi) is 4.90. The summed E-state index contributed by atoms with van der Waals surface area (Å²) in [6.45, 7) is 9.17. The van der Waals surface area contributed by atoms with Crippen molar-refractivity contribution >= 4 is 22.4 Å². The Hall–Kier alpha value is -3.45. The molecule has 0 spiro atoms. The molecule has 0 atom stereocenters. The van der Waals surface area contributed by atoms with E-state index in [-0.39, 0.29) is 12.7 Å². The van der Waals surface area contributed by atoms with E-state index in [0.29, 0.717) is 11.7 Å². The molecule has 3 aromatic rings. The monoisotopic (exact) mass is 375 g/mol. The number of anilines is 2. The third kappa shape index (κ3) is 3.65. The van der Waals surface area contributed by atoms with E-state index < -0.39 is 0 Å². The number of ether oxygens (including phenoxy) is 1. The Balaban J connectivity index is 1.54. The molecule has 2 N–H and O–H groups in total. The zero-order valence-corrected chi connectivity index (χ0v) is 15.4. The van der Waals surface area contributed by atoms with Crippen LogP contribution in [0.3, 0.4) is 0 Å². The molecule has 0 radical (unpaired) electrons. The number of pyridine rings is 1. The molecule has 28 heavy (non-hydrogen) atoms. The first-order valence-corrected chi connectivity index (χ1v) is 8.97. The summed E-state index contributed by atoms with van der Waals surface area (Å²) in [5.41, 5.74) is 3.28. The van der Waals surface area contributed by atoms with E-state index in [2.05, 4.69) is 38.3 Å². The predicted molar refractivity (Wildman–Crippen MR) is 108 cm³/mol. The van der Waals surface area contributed by atoms with Crippen LogP contribution >= 0.6 is 0 Å². The number of benzene rings is 1. The maximum atomic E-state index is 9.33. The minimum absolute atomic E-state index is 0.0152. The van der Waals surface area contributed by atoms with Gasteiger partial charge in [-0.15, -0.1) is 0 Å². The van der Waals surface area contributed by atoms with Crippen molar-refractivity contribution in [3.8, 4) is 5.88 Å². The molecule has 1 aromatic carbocycles. The second kappa shape index (κ2) is 7.66. The minimum Gasteiger partial charge on any atom is -0.471 e. The number of nitrogens with one attached hydrogen (secondary N) is 1. The van der Waals surface area contributed by atoms with Gasteiger partial charge >= 0.3 is 0 Å². The summed E-state index contributed by atoms with van der Waals surface area (Å²) in [6.07, 6.45) is 4.98. The van der Waals surface area contributed by atoms with Gasteiger partial charge in [-0.3, -0.25) is 0 Å². The van der Waals surface area contributed by atoms with Crippen molar-refractivity contribution in [3.05, 3.63) is 73.4 Å². The first-order valence-electron chi connectivity index (χ1n) is 8.97. The molecule has 0 unspecified atom stereocenters. The lowest BCUT2D eigenvalue weighted by Gasteiger charge is -2.40. The van der Waals surface area contributed by atoms with Crippen molar-refractivity contribution in [2.45, 2.75) is 12.7 Å². The number of aliphatic hydroxyl groups excluding tert-OH is 1. The average molecular weight is 375 g/mol. The fourth-order valence-corrected chi connectivity index (χ4v) is 3.04. The van der Waals surface area contributed by atoms with Gasteiger partial charge in [0.15, 0.2) is 0 Å². The summed E-state index contributed by atoms with van der Waals surface area (Å²) in [5.74, 6) is 1.19. The minimum atomic E-state index is -0.0152. The highest BCUT2D eigenvalue weighted by Gasteiger charge is 2.28. The highest BCUT2D eigenvalue weighted by atomic mass is 16.5. The van der Waals surface area contributed by atoms with Gasteiger partial charge in [0, 0.05) is 22.8 Å². The van der Waals surface area contributed by atoms with Gasteiger partial charge in [0.2, 0.25) is 5.88 Å². The molecule has 3 heterocycles. The lowest BCUT2D eigenvalue weighted by Crippen LogP contribution is -2.52. The van der Waals surface area contributed by atoms with Gasteiger partial charge in [-0.25, -0.2) is 15.0 Å². The molecule has 2 aromatic heterocycles. The summed E-state index contributed by atoms with van der Waals surface area (Å²) in [6, 6.07) is 9.39. The third-order valence-electron chi connectivity index (χ3n) is 4.65. The highest BCUT2D eigenvalue weighted by Crippen LogP contribution is 2.27. The van der Waals surface area contributed by atoms with Crippen LogP contribution in [0.15, 0.2) is 67.8 Å².